The number of carbonyl (C=O) groups is 1. The van der Waals surface area contributed by atoms with E-state index in [1.807, 2.05) is 28.8 Å². The molecule has 0 saturated heterocycles. The fraction of sp³-hybridized carbons (Fsp3) is 0.250. The standard InChI is InChI=1S/C20H23N3O2/c1-4-6-7-17(10-12-25-3)22-20(24)19-14-15-13-16(21)8-9-18(15)23(19)11-5-2/h1,6-10,13-14H,5,11-12,21H2,2-3H3,(H,22,24)/b7-6-,17-10+. The number of benzene rings is 1. The molecular weight excluding hydrogens is 314 g/mol. The van der Waals surface area contributed by atoms with Gasteiger partial charge in [-0.1, -0.05) is 12.8 Å². The van der Waals surface area contributed by atoms with Crippen LogP contribution in [0.15, 0.2) is 48.2 Å². The Morgan fingerprint density at radius 2 is 2.24 bits per heavy atom. The van der Waals surface area contributed by atoms with Gasteiger partial charge in [0.05, 0.1) is 6.61 Å². The molecule has 5 nitrogen and oxygen atoms in total. The number of nitrogen functional groups attached to an aromatic ring is 1. The molecule has 5 heteroatoms. The first-order valence-electron chi connectivity index (χ1n) is 8.12. The number of amides is 1. The van der Waals surface area contributed by atoms with Gasteiger partial charge < -0.3 is 20.4 Å². The first kappa shape index (κ1) is 18.4. The van der Waals surface area contributed by atoms with Gasteiger partial charge in [0.15, 0.2) is 0 Å². The van der Waals surface area contributed by atoms with E-state index in [-0.39, 0.29) is 5.91 Å². The highest BCUT2D eigenvalue weighted by atomic mass is 16.5. The van der Waals surface area contributed by atoms with E-state index in [9.17, 15) is 4.79 Å². The molecule has 0 unspecified atom stereocenters. The summed E-state index contributed by atoms with van der Waals surface area (Å²) in [6.07, 6.45) is 11.1. The largest absolute Gasteiger partial charge is 0.399 e. The molecule has 0 fully saturated rings. The number of aromatic nitrogens is 1. The van der Waals surface area contributed by atoms with Crippen LogP contribution in [0.5, 0.6) is 0 Å². The van der Waals surface area contributed by atoms with Crippen LogP contribution in [-0.4, -0.2) is 24.2 Å². The number of terminal acetylenes is 1. The number of anilines is 1. The highest BCUT2D eigenvalue weighted by Crippen LogP contribution is 2.23. The summed E-state index contributed by atoms with van der Waals surface area (Å²) in [4.78, 5) is 12.8. The van der Waals surface area contributed by atoms with E-state index in [2.05, 4.69) is 18.2 Å². The van der Waals surface area contributed by atoms with Crippen molar-refractivity contribution in [2.45, 2.75) is 19.9 Å². The number of rotatable bonds is 7. The average molecular weight is 337 g/mol. The summed E-state index contributed by atoms with van der Waals surface area (Å²) in [7, 11) is 1.59. The van der Waals surface area contributed by atoms with E-state index in [0.29, 0.717) is 23.7 Å². The molecule has 1 aromatic carbocycles. The van der Waals surface area contributed by atoms with Gasteiger partial charge in [0.1, 0.15) is 5.69 Å². The molecule has 0 aliphatic rings. The molecule has 1 heterocycles. The summed E-state index contributed by atoms with van der Waals surface area (Å²) < 4.78 is 7.03. The van der Waals surface area contributed by atoms with E-state index >= 15 is 0 Å². The highest BCUT2D eigenvalue weighted by Gasteiger charge is 2.15. The molecule has 0 bridgehead atoms. The van der Waals surface area contributed by atoms with Crippen LogP contribution in [0, 0.1) is 12.3 Å². The molecule has 130 valence electrons. The smallest absolute Gasteiger partial charge is 0.272 e. The molecule has 2 aromatic rings. The number of nitrogens with two attached hydrogens (primary N) is 1. The van der Waals surface area contributed by atoms with Gasteiger partial charge in [-0.15, -0.1) is 6.42 Å². The molecule has 0 spiro atoms. The number of fused-ring (bicyclic) bond motifs is 1. The monoisotopic (exact) mass is 337 g/mol. The van der Waals surface area contributed by atoms with Crippen molar-refractivity contribution in [3.05, 3.63) is 53.9 Å². The number of ether oxygens (including phenoxy) is 1. The SMILES string of the molecule is C#C/C=C\C(=C/COC)NC(=O)c1cc2cc(N)ccc2n1CCC. The summed E-state index contributed by atoms with van der Waals surface area (Å²) in [6, 6.07) is 7.51. The fourth-order valence-electron chi connectivity index (χ4n) is 2.61. The van der Waals surface area contributed by atoms with Gasteiger partial charge in [0.25, 0.3) is 5.91 Å². The summed E-state index contributed by atoms with van der Waals surface area (Å²) in [6.45, 7) is 3.19. The first-order chi connectivity index (χ1) is 12.1. The van der Waals surface area contributed by atoms with Gasteiger partial charge in [-0.3, -0.25) is 4.79 Å². The molecule has 0 aliphatic carbocycles. The number of hydrogen-bond donors (Lipinski definition) is 2. The number of aryl methyl sites for hydroxylation is 1. The summed E-state index contributed by atoms with van der Waals surface area (Å²) >= 11 is 0. The topological polar surface area (TPSA) is 69.3 Å². The molecule has 1 aromatic heterocycles. The molecule has 0 aliphatic heterocycles. The van der Waals surface area contributed by atoms with Crippen LogP contribution in [0.4, 0.5) is 5.69 Å². The molecule has 1 amide bonds. The van der Waals surface area contributed by atoms with Crippen LogP contribution in [0.3, 0.4) is 0 Å². The maximum Gasteiger partial charge on any atom is 0.272 e. The van der Waals surface area contributed by atoms with Crippen molar-refractivity contribution in [2.75, 3.05) is 19.5 Å². The van der Waals surface area contributed by atoms with Crippen LogP contribution in [0.1, 0.15) is 23.8 Å². The van der Waals surface area contributed by atoms with Gasteiger partial charge in [0.2, 0.25) is 0 Å². The lowest BCUT2D eigenvalue weighted by Gasteiger charge is -2.11. The zero-order valence-electron chi connectivity index (χ0n) is 14.6. The minimum Gasteiger partial charge on any atom is -0.399 e. The Hall–Kier alpha value is -2.97. The van der Waals surface area contributed by atoms with Crippen LogP contribution >= 0.6 is 0 Å². The molecule has 0 saturated carbocycles. The molecule has 0 radical (unpaired) electrons. The normalized spacial score (nSPS) is 11.8. The lowest BCUT2D eigenvalue weighted by atomic mass is 10.2. The van der Waals surface area contributed by atoms with E-state index in [4.69, 9.17) is 16.9 Å². The van der Waals surface area contributed by atoms with Gasteiger partial charge >= 0.3 is 0 Å². The quantitative estimate of drug-likeness (QED) is 0.463. The molecule has 25 heavy (non-hydrogen) atoms. The second kappa shape index (κ2) is 8.76. The first-order valence-corrected chi connectivity index (χ1v) is 8.12. The Labute approximate surface area is 148 Å². The number of hydrogen-bond acceptors (Lipinski definition) is 3. The lowest BCUT2D eigenvalue weighted by molar-refractivity contribution is 0.0958. The van der Waals surface area contributed by atoms with Crippen molar-refractivity contribution in [1.82, 2.24) is 9.88 Å². The maximum absolute atomic E-state index is 12.8. The maximum atomic E-state index is 12.8. The summed E-state index contributed by atoms with van der Waals surface area (Å²) in [5.74, 6) is 2.21. The van der Waals surface area contributed by atoms with Crippen molar-refractivity contribution in [1.29, 1.82) is 0 Å². The Kier molecular flexibility index (Phi) is 6.44. The number of allylic oxidation sites excluding steroid dienone is 2. The van der Waals surface area contributed by atoms with Crippen molar-refractivity contribution >= 4 is 22.5 Å². The summed E-state index contributed by atoms with van der Waals surface area (Å²) in [5.41, 5.74) is 8.70. The number of carbonyl (C=O) groups excluding carboxylic acids is 1. The summed E-state index contributed by atoms with van der Waals surface area (Å²) in [5, 5.41) is 3.83. The van der Waals surface area contributed by atoms with E-state index in [1.165, 1.54) is 6.08 Å². The number of nitrogens with zero attached hydrogens (tertiary/aromatic N) is 1. The van der Waals surface area contributed by atoms with Crippen molar-refractivity contribution in [2.24, 2.45) is 0 Å². The molecule has 2 rings (SSSR count). The third-order valence-electron chi connectivity index (χ3n) is 3.69. The number of nitrogens with one attached hydrogen (secondary N) is 1. The van der Waals surface area contributed by atoms with Gasteiger partial charge in [-0.05, 0) is 48.9 Å². The van der Waals surface area contributed by atoms with Gasteiger partial charge in [0, 0.05) is 35.9 Å². The van der Waals surface area contributed by atoms with Crippen molar-refractivity contribution in [3.63, 3.8) is 0 Å². The van der Waals surface area contributed by atoms with E-state index in [1.54, 1.807) is 19.3 Å². The molecular formula is C20H23N3O2. The minimum atomic E-state index is -0.202. The Bertz CT molecular complexity index is 854. The van der Waals surface area contributed by atoms with Gasteiger partial charge in [-0.25, -0.2) is 0 Å². The van der Waals surface area contributed by atoms with E-state index in [0.717, 1.165) is 23.9 Å². The number of methoxy groups -OCH3 is 1. The zero-order chi connectivity index (χ0) is 18.2. The minimum absolute atomic E-state index is 0.202. The van der Waals surface area contributed by atoms with Crippen LogP contribution < -0.4 is 11.1 Å². The Morgan fingerprint density at radius 3 is 2.92 bits per heavy atom. The highest BCUT2D eigenvalue weighted by molar-refractivity contribution is 6.00. The third kappa shape index (κ3) is 4.52. The van der Waals surface area contributed by atoms with Crippen LogP contribution in [0.25, 0.3) is 10.9 Å². The Balaban J connectivity index is 2.38. The van der Waals surface area contributed by atoms with Crippen LogP contribution in [-0.2, 0) is 11.3 Å². The van der Waals surface area contributed by atoms with Gasteiger partial charge in [-0.2, -0.15) is 0 Å². The lowest BCUT2D eigenvalue weighted by Crippen LogP contribution is -2.25. The van der Waals surface area contributed by atoms with E-state index < -0.39 is 0 Å². The average Bonchev–Trinajstić information content (AvgIpc) is 2.95. The third-order valence-corrected chi connectivity index (χ3v) is 3.69. The molecule has 0 atom stereocenters. The second-order valence-corrected chi connectivity index (χ2v) is 5.57. The fourth-order valence-corrected chi connectivity index (χ4v) is 2.61. The second-order valence-electron chi connectivity index (χ2n) is 5.57. The Morgan fingerprint density at radius 1 is 1.44 bits per heavy atom. The predicted octanol–water partition coefficient (Wildman–Crippen LogP) is 3.08. The zero-order valence-corrected chi connectivity index (χ0v) is 14.6. The molecule has 3 N–H and O–H groups in total. The van der Waals surface area contributed by atoms with Crippen LogP contribution in [0.2, 0.25) is 0 Å². The van der Waals surface area contributed by atoms with Crippen molar-refractivity contribution < 1.29 is 9.53 Å². The predicted molar refractivity (Wildman–Crippen MR) is 102 cm³/mol. The van der Waals surface area contributed by atoms with Crippen molar-refractivity contribution in [3.8, 4) is 12.3 Å².